The molecule has 1 aliphatic heterocycles. The van der Waals surface area contributed by atoms with E-state index in [4.69, 9.17) is 4.74 Å². The highest BCUT2D eigenvalue weighted by Crippen LogP contribution is 2.27. The van der Waals surface area contributed by atoms with Crippen LogP contribution in [0.4, 0.5) is 0 Å². The lowest BCUT2D eigenvalue weighted by Crippen LogP contribution is -2.50. The van der Waals surface area contributed by atoms with Gasteiger partial charge in [-0.1, -0.05) is 24.3 Å². The minimum atomic E-state index is -0.119. The molecule has 0 bridgehead atoms. The fourth-order valence-electron chi connectivity index (χ4n) is 2.72. The molecule has 1 aromatic carbocycles. The molecule has 2 rings (SSSR count). The van der Waals surface area contributed by atoms with Crippen LogP contribution in [0.15, 0.2) is 43.0 Å². The van der Waals surface area contributed by atoms with Crippen LogP contribution in [0.5, 0.6) is 0 Å². The summed E-state index contributed by atoms with van der Waals surface area (Å²) in [4.78, 5) is 14.6. The van der Waals surface area contributed by atoms with E-state index in [9.17, 15) is 4.79 Å². The normalized spacial score (nSPS) is 23.1. The fourth-order valence-corrected chi connectivity index (χ4v) is 2.72. The zero-order chi connectivity index (χ0) is 13.7. The summed E-state index contributed by atoms with van der Waals surface area (Å²) in [5.74, 6) is 0.0546. The van der Waals surface area contributed by atoms with Crippen LogP contribution >= 0.6 is 0 Å². The molecule has 0 radical (unpaired) electrons. The van der Waals surface area contributed by atoms with E-state index in [0.29, 0.717) is 0 Å². The Morgan fingerprint density at radius 1 is 1.42 bits per heavy atom. The molecule has 1 amide bonds. The maximum atomic E-state index is 12.7. The van der Waals surface area contributed by atoms with Crippen molar-refractivity contribution in [1.29, 1.82) is 0 Å². The molecule has 2 atom stereocenters. The van der Waals surface area contributed by atoms with Gasteiger partial charge in [0.1, 0.15) is 6.23 Å². The Bertz CT molecular complexity index is 430. The lowest BCUT2D eigenvalue weighted by atomic mass is 9.97. The number of ether oxygens (including phenoxy) is 1. The monoisotopic (exact) mass is 259 g/mol. The van der Waals surface area contributed by atoms with Gasteiger partial charge in [0.25, 0.3) is 5.91 Å². The molecule has 1 fully saturated rings. The van der Waals surface area contributed by atoms with Crippen molar-refractivity contribution < 1.29 is 9.53 Å². The fraction of sp³-hybridized carbons (Fsp3) is 0.438. The molecule has 0 aromatic heterocycles. The Kier molecular flexibility index (Phi) is 4.74. The topological polar surface area (TPSA) is 29.5 Å². The number of carbonyl (C=O) groups is 1. The minimum absolute atomic E-state index is 0.0546. The maximum Gasteiger partial charge on any atom is 0.256 e. The van der Waals surface area contributed by atoms with Gasteiger partial charge in [-0.15, -0.1) is 6.58 Å². The quantitative estimate of drug-likeness (QED) is 0.777. The second kappa shape index (κ2) is 6.53. The van der Waals surface area contributed by atoms with Crippen molar-refractivity contribution in [3.63, 3.8) is 0 Å². The van der Waals surface area contributed by atoms with Crippen LogP contribution in [0.1, 0.15) is 36.0 Å². The first-order chi connectivity index (χ1) is 9.27. The maximum absolute atomic E-state index is 12.7. The van der Waals surface area contributed by atoms with E-state index in [1.54, 1.807) is 7.11 Å². The SMILES string of the molecule is C=CCC1CCCC(OC)N1C(=O)c1ccccc1. The van der Waals surface area contributed by atoms with E-state index in [0.717, 1.165) is 31.2 Å². The van der Waals surface area contributed by atoms with Crippen LogP contribution in [0, 0.1) is 0 Å². The summed E-state index contributed by atoms with van der Waals surface area (Å²) in [6, 6.07) is 9.61. The second-order valence-electron chi connectivity index (χ2n) is 4.88. The molecular formula is C16H21NO2. The Balaban J connectivity index is 2.24. The zero-order valence-corrected chi connectivity index (χ0v) is 11.4. The predicted molar refractivity (Wildman–Crippen MR) is 75.9 cm³/mol. The molecular weight excluding hydrogens is 238 g/mol. The smallest absolute Gasteiger partial charge is 0.256 e. The van der Waals surface area contributed by atoms with Crippen LogP contribution in [-0.4, -0.2) is 30.2 Å². The van der Waals surface area contributed by atoms with Crippen molar-refractivity contribution in [2.75, 3.05) is 7.11 Å². The molecule has 1 aliphatic rings. The molecule has 3 heteroatoms. The van der Waals surface area contributed by atoms with Crippen molar-refractivity contribution >= 4 is 5.91 Å². The Morgan fingerprint density at radius 3 is 2.79 bits per heavy atom. The summed E-state index contributed by atoms with van der Waals surface area (Å²) in [5, 5.41) is 0. The van der Waals surface area contributed by atoms with Gasteiger partial charge in [0.15, 0.2) is 0 Å². The molecule has 3 nitrogen and oxygen atoms in total. The van der Waals surface area contributed by atoms with E-state index in [2.05, 4.69) is 6.58 Å². The van der Waals surface area contributed by atoms with Crippen LogP contribution in [-0.2, 0) is 4.74 Å². The Morgan fingerprint density at radius 2 is 2.16 bits per heavy atom. The van der Waals surface area contributed by atoms with Gasteiger partial charge in [0.05, 0.1) is 0 Å². The predicted octanol–water partition coefficient (Wildman–Crippen LogP) is 3.23. The molecule has 2 unspecified atom stereocenters. The average molecular weight is 259 g/mol. The van der Waals surface area contributed by atoms with E-state index in [1.807, 2.05) is 41.3 Å². The van der Waals surface area contributed by atoms with E-state index >= 15 is 0 Å². The van der Waals surface area contributed by atoms with E-state index in [-0.39, 0.29) is 18.2 Å². The highest BCUT2D eigenvalue weighted by molar-refractivity contribution is 5.94. The van der Waals surface area contributed by atoms with Gasteiger partial charge in [-0.05, 0) is 37.8 Å². The van der Waals surface area contributed by atoms with Crippen molar-refractivity contribution in [2.45, 2.75) is 38.0 Å². The molecule has 1 heterocycles. The van der Waals surface area contributed by atoms with Crippen LogP contribution in [0.25, 0.3) is 0 Å². The largest absolute Gasteiger partial charge is 0.362 e. The van der Waals surface area contributed by atoms with Gasteiger partial charge in [0, 0.05) is 18.7 Å². The number of hydrogen-bond acceptors (Lipinski definition) is 2. The van der Waals surface area contributed by atoms with Crippen LogP contribution in [0.3, 0.4) is 0 Å². The number of piperidine rings is 1. The first kappa shape index (κ1) is 13.8. The number of benzene rings is 1. The third-order valence-electron chi connectivity index (χ3n) is 3.66. The number of hydrogen-bond donors (Lipinski definition) is 0. The summed E-state index contributed by atoms with van der Waals surface area (Å²) in [6.07, 6.45) is 5.60. The van der Waals surface area contributed by atoms with Gasteiger partial charge >= 0.3 is 0 Å². The average Bonchev–Trinajstić information content (AvgIpc) is 2.47. The summed E-state index contributed by atoms with van der Waals surface area (Å²) >= 11 is 0. The summed E-state index contributed by atoms with van der Waals surface area (Å²) in [6.45, 7) is 3.79. The van der Waals surface area contributed by atoms with E-state index < -0.39 is 0 Å². The molecule has 19 heavy (non-hydrogen) atoms. The number of amides is 1. The number of rotatable bonds is 4. The summed E-state index contributed by atoms with van der Waals surface area (Å²) in [5.41, 5.74) is 0.723. The van der Waals surface area contributed by atoms with Crippen LogP contribution < -0.4 is 0 Å². The summed E-state index contributed by atoms with van der Waals surface area (Å²) in [7, 11) is 1.67. The van der Waals surface area contributed by atoms with Gasteiger partial charge in [-0.25, -0.2) is 0 Å². The minimum Gasteiger partial charge on any atom is -0.362 e. The standard InChI is InChI=1S/C16H21NO2/c1-3-8-14-11-7-12-15(19-2)17(14)16(18)13-9-5-4-6-10-13/h3-6,9-10,14-15H,1,7-8,11-12H2,2H3. The molecule has 1 aromatic rings. The summed E-state index contributed by atoms with van der Waals surface area (Å²) < 4.78 is 5.49. The third kappa shape index (κ3) is 3.04. The molecule has 0 N–H and O–H groups in total. The molecule has 0 aliphatic carbocycles. The number of carbonyl (C=O) groups excluding carboxylic acids is 1. The molecule has 1 saturated heterocycles. The van der Waals surface area contributed by atoms with Crippen molar-refractivity contribution in [1.82, 2.24) is 4.90 Å². The lowest BCUT2D eigenvalue weighted by molar-refractivity contribution is -0.0617. The number of likely N-dealkylation sites (tertiary alicyclic amines) is 1. The third-order valence-corrected chi connectivity index (χ3v) is 3.66. The van der Waals surface area contributed by atoms with Gasteiger partial charge < -0.3 is 9.64 Å². The Hall–Kier alpha value is -1.61. The van der Waals surface area contributed by atoms with Gasteiger partial charge in [0.2, 0.25) is 0 Å². The molecule has 102 valence electrons. The van der Waals surface area contributed by atoms with Crippen LogP contribution in [0.2, 0.25) is 0 Å². The van der Waals surface area contributed by atoms with E-state index in [1.165, 1.54) is 0 Å². The number of methoxy groups -OCH3 is 1. The first-order valence-electron chi connectivity index (χ1n) is 6.79. The molecule has 0 saturated carbocycles. The van der Waals surface area contributed by atoms with Gasteiger partial charge in [-0.3, -0.25) is 4.79 Å². The molecule has 0 spiro atoms. The lowest BCUT2D eigenvalue weighted by Gasteiger charge is -2.41. The highest BCUT2D eigenvalue weighted by atomic mass is 16.5. The zero-order valence-electron chi connectivity index (χ0n) is 11.4. The first-order valence-corrected chi connectivity index (χ1v) is 6.79. The Labute approximate surface area is 114 Å². The van der Waals surface area contributed by atoms with Crippen molar-refractivity contribution in [3.05, 3.63) is 48.6 Å². The van der Waals surface area contributed by atoms with Gasteiger partial charge in [-0.2, -0.15) is 0 Å². The second-order valence-corrected chi connectivity index (χ2v) is 4.88. The number of nitrogens with zero attached hydrogens (tertiary/aromatic N) is 1. The van der Waals surface area contributed by atoms with Crippen molar-refractivity contribution in [2.24, 2.45) is 0 Å². The highest BCUT2D eigenvalue weighted by Gasteiger charge is 2.33. The van der Waals surface area contributed by atoms with Crippen molar-refractivity contribution in [3.8, 4) is 0 Å².